The molecular weight excluding hydrogens is 186 g/mol. The molecule has 2 aliphatic heterocycles. The molecule has 1 aromatic rings. The number of rotatable bonds is 1. The molecule has 0 radical (unpaired) electrons. The molecule has 1 saturated heterocycles. The van der Waals surface area contributed by atoms with Crippen molar-refractivity contribution in [2.24, 2.45) is 0 Å². The highest BCUT2D eigenvalue weighted by Gasteiger charge is 2.22. The van der Waals surface area contributed by atoms with Crippen molar-refractivity contribution in [1.82, 2.24) is 5.32 Å². The van der Waals surface area contributed by atoms with Crippen molar-refractivity contribution in [2.45, 2.75) is 38.3 Å². The Kier molecular flexibility index (Phi) is 2.17. The molecule has 2 unspecified atom stereocenters. The summed E-state index contributed by atoms with van der Waals surface area (Å²) in [5.74, 6) is 1.09. The molecule has 0 aliphatic carbocycles. The lowest BCUT2D eigenvalue weighted by Gasteiger charge is -2.11. The van der Waals surface area contributed by atoms with Crippen LogP contribution >= 0.6 is 0 Å². The number of ether oxygens (including phenoxy) is 1. The van der Waals surface area contributed by atoms with Gasteiger partial charge >= 0.3 is 0 Å². The molecular formula is C13H17NO. The fourth-order valence-corrected chi connectivity index (χ4v) is 2.63. The van der Waals surface area contributed by atoms with Gasteiger partial charge in [-0.3, -0.25) is 0 Å². The van der Waals surface area contributed by atoms with Crippen LogP contribution in [0.1, 0.15) is 36.9 Å². The van der Waals surface area contributed by atoms with Gasteiger partial charge in [-0.15, -0.1) is 0 Å². The van der Waals surface area contributed by atoms with Crippen LogP contribution in [-0.4, -0.2) is 12.6 Å². The first-order valence-corrected chi connectivity index (χ1v) is 5.86. The molecule has 80 valence electrons. The predicted molar refractivity (Wildman–Crippen MR) is 60.2 cm³/mol. The Morgan fingerprint density at radius 1 is 1.40 bits per heavy atom. The number of hydrogen-bond donors (Lipinski definition) is 1. The smallest absolute Gasteiger partial charge is 0.123 e. The highest BCUT2D eigenvalue weighted by molar-refractivity contribution is 5.41. The van der Waals surface area contributed by atoms with Gasteiger partial charge in [-0.2, -0.15) is 0 Å². The molecule has 15 heavy (non-hydrogen) atoms. The summed E-state index contributed by atoms with van der Waals surface area (Å²) in [7, 11) is 0. The molecule has 0 bridgehead atoms. The largest absolute Gasteiger partial charge is 0.490 e. The minimum Gasteiger partial charge on any atom is -0.490 e. The minimum absolute atomic E-state index is 0.354. The Morgan fingerprint density at radius 2 is 2.33 bits per heavy atom. The van der Waals surface area contributed by atoms with Crippen molar-refractivity contribution in [3.63, 3.8) is 0 Å². The summed E-state index contributed by atoms with van der Waals surface area (Å²) in [5, 5.41) is 3.53. The molecule has 1 N–H and O–H groups in total. The van der Waals surface area contributed by atoms with Gasteiger partial charge in [0.25, 0.3) is 0 Å². The van der Waals surface area contributed by atoms with Crippen LogP contribution in [0.5, 0.6) is 5.75 Å². The normalized spacial score (nSPS) is 28.9. The third kappa shape index (κ3) is 1.63. The van der Waals surface area contributed by atoms with Gasteiger partial charge in [0.2, 0.25) is 0 Å². The van der Waals surface area contributed by atoms with E-state index in [1.807, 2.05) is 0 Å². The maximum absolute atomic E-state index is 5.70. The monoisotopic (exact) mass is 203 g/mol. The summed E-state index contributed by atoms with van der Waals surface area (Å²) in [6.07, 6.45) is 3.99. The molecule has 0 spiro atoms. The zero-order valence-electron chi connectivity index (χ0n) is 9.12. The Morgan fingerprint density at radius 3 is 3.13 bits per heavy atom. The quantitative estimate of drug-likeness (QED) is 0.757. The molecule has 2 nitrogen and oxygen atoms in total. The Balaban J connectivity index is 1.89. The maximum atomic E-state index is 5.70. The second kappa shape index (κ2) is 3.53. The van der Waals surface area contributed by atoms with E-state index in [9.17, 15) is 0 Å². The van der Waals surface area contributed by atoms with E-state index in [2.05, 4.69) is 30.4 Å². The van der Waals surface area contributed by atoms with Crippen molar-refractivity contribution in [1.29, 1.82) is 0 Å². The third-order valence-electron chi connectivity index (χ3n) is 3.38. The lowest BCUT2D eigenvalue weighted by atomic mass is 10.0. The SMILES string of the molecule is CC1Cc2cc(C3CCCN3)ccc2O1. The second-order valence-electron chi connectivity index (χ2n) is 4.65. The fourth-order valence-electron chi connectivity index (χ4n) is 2.63. The lowest BCUT2D eigenvalue weighted by molar-refractivity contribution is 0.254. The van der Waals surface area contributed by atoms with E-state index < -0.39 is 0 Å². The Bertz CT molecular complexity index is 369. The van der Waals surface area contributed by atoms with E-state index in [-0.39, 0.29) is 0 Å². The van der Waals surface area contributed by atoms with E-state index in [0.717, 1.165) is 18.7 Å². The first-order chi connectivity index (χ1) is 7.33. The van der Waals surface area contributed by atoms with Crippen LogP contribution in [0.4, 0.5) is 0 Å². The minimum atomic E-state index is 0.354. The molecule has 3 rings (SSSR count). The van der Waals surface area contributed by atoms with Crippen LogP contribution < -0.4 is 10.1 Å². The van der Waals surface area contributed by atoms with Gasteiger partial charge in [-0.1, -0.05) is 12.1 Å². The summed E-state index contributed by atoms with van der Waals surface area (Å²) in [6.45, 7) is 3.29. The predicted octanol–water partition coefficient (Wildman–Crippen LogP) is 2.43. The van der Waals surface area contributed by atoms with Crippen molar-refractivity contribution >= 4 is 0 Å². The number of hydrogen-bond acceptors (Lipinski definition) is 2. The number of fused-ring (bicyclic) bond motifs is 1. The number of nitrogens with one attached hydrogen (secondary N) is 1. The molecule has 2 heteroatoms. The summed E-state index contributed by atoms with van der Waals surface area (Å²) >= 11 is 0. The molecule has 0 saturated carbocycles. The zero-order valence-corrected chi connectivity index (χ0v) is 9.12. The van der Waals surface area contributed by atoms with E-state index >= 15 is 0 Å². The topological polar surface area (TPSA) is 21.3 Å². The molecule has 0 aromatic heterocycles. The highest BCUT2D eigenvalue weighted by atomic mass is 16.5. The Hall–Kier alpha value is -1.02. The van der Waals surface area contributed by atoms with Crippen molar-refractivity contribution in [3.05, 3.63) is 29.3 Å². The van der Waals surface area contributed by atoms with Gasteiger partial charge in [0.1, 0.15) is 11.9 Å². The first-order valence-electron chi connectivity index (χ1n) is 5.86. The van der Waals surface area contributed by atoms with Crippen LogP contribution in [-0.2, 0) is 6.42 Å². The fraction of sp³-hybridized carbons (Fsp3) is 0.538. The maximum Gasteiger partial charge on any atom is 0.123 e. The van der Waals surface area contributed by atoms with Crippen molar-refractivity contribution in [2.75, 3.05) is 6.54 Å². The van der Waals surface area contributed by atoms with Crippen LogP contribution in [0.25, 0.3) is 0 Å². The van der Waals surface area contributed by atoms with Gasteiger partial charge in [-0.25, -0.2) is 0 Å². The van der Waals surface area contributed by atoms with E-state index in [1.165, 1.54) is 24.0 Å². The highest BCUT2D eigenvalue weighted by Crippen LogP contribution is 2.32. The second-order valence-corrected chi connectivity index (χ2v) is 4.65. The summed E-state index contributed by atoms with van der Waals surface area (Å²) in [5.41, 5.74) is 2.82. The summed E-state index contributed by atoms with van der Waals surface area (Å²) in [6, 6.07) is 7.24. The molecule has 2 heterocycles. The average molecular weight is 203 g/mol. The molecule has 2 atom stereocenters. The van der Waals surface area contributed by atoms with Crippen LogP contribution in [0, 0.1) is 0 Å². The summed E-state index contributed by atoms with van der Waals surface area (Å²) < 4.78 is 5.70. The van der Waals surface area contributed by atoms with Gasteiger partial charge in [0.15, 0.2) is 0 Å². The third-order valence-corrected chi connectivity index (χ3v) is 3.38. The zero-order chi connectivity index (χ0) is 10.3. The molecule has 1 aromatic carbocycles. The summed E-state index contributed by atoms with van der Waals surface area (Å²) in [4.78, 5) is 0. The Labute approximate surface area is 90.6 Å². The van der Waals surface area contributed by atoms with Gasteiger partial charge in [-0.05, 0) is 43.5 Å². The van der Waals surface area contributed by atoms with Crippen molar-refractivity contribution in [3.8, 4) is 5.75 Å². The van der Waals surface area contributed by atoms with Crippen LogP contribution in [0.2, 0.25) is 0 Å². The number of benzene rings is 1. The molecule has 2 aliphatic rings. The first kappa shape index (κ1) is 9.22. The molecule has 0 amide bonds. The molecule has 1 fully saturated rings. The van der Waals surface area contributed by atoms with Gasteiger partial charge < -0.3 is 10.1 Å². The van der Waals surface area contributed by atoms with Gasteiger partial charge in [0.05, 0.1) is 0 Å². The van der Waals surface area contributed by atoms with Crippen molar-refractivity contribution < 1.29 is 4.74 Å². The van der Waals surface area contributed by atoms with E-state index in [0.29, 0.717) is 12.1 Å². The van der Waals surface area contributed by atoms with Crippen LogP contribution in [0.15, 0.2) is 18.2 Å². The standard InChI is InChI=1S/C13H17NO/c1-9-7-11-8-10(4-5-13(11)15-9)12-3-2-6-14-12/h4-5,8-9,12,14H,2-3,6-7H2,1H3. The van der Waals surface area contributed by atoms with Crippen LogP contribution in [0.3, 0.4) is 0 Å². The van der Waals surface area contributed by atoms with E-state index in [1.54, 1.807) is 0 Å². The average Bonchev–Trinajstić information content (AvgIpc) is 2.82. The lowest BCUT2D eigenvalue weighted by Crippen LogP contribution is -2.12. The van der Waals surface area contributed by atoms with Gasteiger partial charge in [0, 0.05) is 12.5 Å². The van der Waals surface area contributed by atoms with E-state index in [4.69, 9.17) is 4.74 Å².